The first-order chi connectivity index (χ1) is 17.9. The van der Waals surface area contributed by atoms with E-state index >= 15 is 0 Å². The van der Waals surface area contributed by atoms with Gasteiger partial charge in [0.05, 0.1) is 0 Å². The second-order valence-corrected chi connectivity index (χ2v) is 10.3. The molecule has 278 valence electrons. The molecule has 0 N–H and O–H groups in total. The minimum absolute atomic E-state index is 0. The SMILES string of the molecule is C.C.C.C.C.C.CC(C)COCC(C)C.CCCCCCOCOCCC.CCCCOCCCC.CCCOCCC. The Balaban J connectivity index is -0.0000000409. The molecule has 0 fully saturated rings. The summed E-state index contributed by atoms with van der Waals surface area (Å²) in [5.41, 5.74) is 0. The van der Waals surface area contributed by atoms with Gasteiger partial charge in [-0.1, -0.05) is 146 Å². The third-order valence-corrected chi connectivity index (χ3v) is 4.54. The molecular formula is C38H96O5. The lowest BCUT2D eigenvalue weighted by Gasteiger charge is -2.07. The van der Waals surface area contributed by atoms with Crippen molar-refractivity contribution in [2.24, 2.45) is 11.8 Å². The molecule has 0 bridgehead atoms. The van der Waals surface area contributed by atoms with Gasteiger partial charge in [0.2, 0.25) is 0 Å². The monoisotopic (exact) mass is 633 g/mol. The molecule has 0 unspecified atom stereocenters. The van der Waals surface area contributed by atoms with E-state index in [9.17, 15) is 0 Å². The van der Waals surface area contributed by atoms with Gasteiger partial charge in [0, 0.05) is 52.9 Å². The Labute approximate surface area is 279 Å². The maximum Gasteiger partial charge on any atom is 0.146 e. The van der Waals surface area contributed by atoms with Gasteiger partial charge in [0.15, 0.2) is 0 Å². The lowest BCUT2D eigenvalue weighted by atomic mass is 10.2. The molecule has 0 amide bonds. The molecule has 5 nitrogen and oxygen atoms in total. The zero-order valence-corrected chi connectivity index (χ0v) is 27.3. The fourth-order valence-corrected chi connectivity index (χ4v) is 2.48. The van der Waals surface area contributed by atoms with Crippen molar-refractivity contribution in [1.29, 1.82) is 0 Å². The predicted molar refractivity (Wildman–Crippen MR) is 204 cm³/mol. The summed E-state index contributed by atoms with van der Waals surface area (Å²) in [7, 11) is 0. The van der Waals surface area contributed by atoms with Crippen molar-refractivity contribution in [2.45, 2.75) is 184 Å². The first kappa shape index (κ1) is 69.5. The molecule has 0 heterocycles. The molecule has 0 aliphatic heterocycles. The summed E-state index contributed by atoms with van der Waals surface area (Å²) >= 11 is 0. The number of ether oxygens (including phenoxy) is 5. The highest BCUT2D eigenvalue weighted by Crippen LogP contribution is 1.99. The fourth-order valence-electron chi connectivity index (χ4n) is 2.48. The van der Waals surface area contributed by atoms with Gasteiger partial charge in [-0.05, 0) is 50.4 Å². The van der Waals surface area contributed by atoms with Gasteiger partial charge in [-0.15, -0.1) is 0 Å². The van der Waals surface area contributed by atoms with Crippen molar-refractivity contribution in [3.63, 3.8) is 0 Å². The average Bonchev–Trinajstić information content (AvgIpc) is 2.87. The van der Waals surface area contributed by atoms with Gasteiger partial charge in [0.1, 0.15) is 6.79 Å². The van der Waals surface area contributed by atoms with Gasteiger partial charge >= 0.3 is 0 Å². The summed E-state index contributed by atoms with van der Waals surface area (Å²) in [5, 5.41) is 0. The molecule has 0 aromatic rings. The van der Waals surface area contributed by atoms with Gasteiger partial charge < -0.3 is 23.7 Å². The van der Waals surface area contributed by atoms with E-state index in [0.29, 0.717) is 18.6 Å². The van der Waals surface area contributed by atoms with Gasteiger partial charge in [-0.25, -0.2) is 0 Å². The fraction of sp³-hybridized carbons (Fsp3) is 1.00. The van der Waals surface area contributed by atoms with Crippen molar-refractivity contribution < 1.29 is 23.7 Å². The Hall–Kier alpha value is -0.200. The molecule has 0 aromatic carbocycles. The smallest absolute Gasteiger partial charge is 0.146 e. The molecule has 0 atom stereocenters. The van der Waals surface area contributed by atoms with Crippen molar-refractivity contribution in [3.05, 3.63) is 0 Å². The Morgan fingerprint density at radius 3 is 1.00 bits per heavy atom. The molecule has 0 aliphatic rings. The summed E-state index contributed by atoms with van der Waals surface area (Å²) in [4.78, 5) is 0. The summed E-state index contributed by atoms with van der Waals surface area (Å²) in [6, 6.07) is 0. The minimum Gasteiger partial charge on any atom is -0.381 e. The number of unbranched alkanes of at least 4 members (excludes halogenated alkanes) is 5. The molecule has 0 aromatic heterocycles. The topological polar surface area (TPSA) is 46.2 Å². The van der Waals surface area contributed by atoms with Crippen molar-refractivity contribution in [2.75, 3.05) is 59.6 Å². The van der Waals surface area contributed by atoms with Crippen LogP contribution in [-0.2, 0) is 23.7 Å². The molecule has 0 spiro atoms. The van der Waals surface area contributed by atoms with E-state index < -0.39 is 0 Å². The van der Waals surface area contributed by atoms with Crippen LogP contribution < -0.4 is 0 Å². The lowest BCUT2D eigenvalue weighted by Crippen LogP contribution is -2.06. The first-order valence-corrected chi connectivity index (χ1v) is 15.8. The van der Waals surface area contributed by atoms with E-state index in [-0.39, 0.29) is 44.6 Å². The Morgan fingerprint density at radius 1 is 0.326 bits per heavy atom. The van der Waals surface area contributed by atoms with E-state index in [2.05, 4.69) is 69.2 Å². The van der Waals surface area contributed by atoms with Crippen molar-refractivity contribution in [1.82, 2.24) is 0 Å². The number of hydrogen-bond acceptors (Lipinski definition) is 5. The van der Waals surface area contributed by atoms with Crippen LogP contribution in [0.2, 0.25) is 0 Å². The van der Waals surface area contributed by atoms with Crippen LogP contribution in [0.1, 0.15) is 184 Å². The van der Waals surface area contributed by atoms with E-state index in [0.717, 1.165) is 72.1 Å². The average molecular weight is 633 g/mol. The third-order valence-electron chi connectivity index (χ3n) is 4.54. The molecule has 0 saturated heterocycles. The Kier molecular flexibility index (Phi) is 119. The van der Waals surface area contributed by atoms with Crippen LogP contribution in [0.3, 0.4) is 0 Å². The quantitative estimate of drug-likeness (QED) is 0.0828. The first-order valence-electron chi connectivity index (χ1n) is 15.8. The summed E-state index contributed by atoms with van der Waals surface area (Å²) in [5.74, 6) is 1.34. The van der Waals surface area contributed by atoms with Crippen LogP contribution in [-0.4, -0.2) is 59.6 Å². The maximum absolute atomic E-state index is 5.36. The van der Waals surface area contributed by atoms with E-state index in [1.54, 1.807) is 0 Å². The van der Waals surface area contributed by atoms with E-state index in [1.807, 2.05) is 0 Å². The van der Waals surface area contributed by atoms with E-state index in [1.165, 1.54) is 51.4 Å². The standard InChI is InChI=1S/C10H22O2.2C8H18O.C6H14O.6CH4/c1-3-5-6-7-9-12-10-11-8-4-2;1-7(2)5-9-6-8(3)4;1-3-5-7-9-8-6-4-2;1-3-5-7-6-4-2;;;;;;/h3-10H2,1-2H3;7-8H,5-6H2,1-4H3;3-8H2,1-2H3;3-6H2,1-2H3;6*1H4. The third kappa shape index (κ3) is 108. The molecule has 0 saturated carbocycles. The van der Waals surface area contributed by atoms with Crippen LogP contribution in [0.25, 0.3) is 0 Å². The maximum atomic E-state index is 5.36. The van der Waals surface area contributed by atoms with Crippen LogP contribution in [0.15, 0.2) is 0 Å². The highest BCUT2D eigenvalue weighted by atomic mass is 16.7. The number of rotatable bonds is 23. The van der Waals surface area contributed by atoms with Gasteiger partial charge in [0.25, 0.3) is 0 Å². The van der Waals surface area contributed by atoms with Crippen molar-refractivity contribution in [3.8, 4) is 0 Å². The zero-order valence-electron chi connectivity index (χ0n) is 27.3. The van der Waals surface area contributed by atoms with Crippen LogP contribution in [0.5, 0.6) is 0 Å². The molecule has 5 heteroatoms. The Bertz CT molecular complexity index is 297. The van der Waals surface area contributed by atoms with Crippen molar-refractivity contribution >= 4 is 0 Å². The molecule has 43 heavy (non-hydrogen) atoms. The summed E-state index contributed by atoms with van der Waals surface area (Å²) in [6.07, 6.45) is 13.3. The predicted octanol–water partition coefficient (Wildman–Crippen LogP) is 13.5. The van der Waals surface area contributed by atoms with Gasteiger partial charge in [-0.3, -0.25) is 0 Å². The van der Waals surface area contributed by atoms with E-state index in [4.69, 9.17) is 23.7 Å². The largest absolute Gasteiger partial charge is 0.381 e. The highest BCUT2D eigenvalue weighted by molar-refractivity contribution is 4.43. The molecule has 0 aliphatic carbocycles. The van der Waals surface area contributed by atoms with Crippen LogP contribution in [0, 0.1) is 11.8 Å². The molecule has 0 rings (SSSR count). The second kappa shape index (κ2) is 73.3. The molecule has 0 radical (unpaired) electrons. The molecular weight excluding hydrogens is 536 g/mol. The normalized spacial score (nSPS) is 8.93. The summed E-state index contributed by atoms with van der Waals surface area (Å²) in [6.45, 7) is 29.3. The van der Waals surface area contributed by atoms with Crippen LogP contribution in [0.4, 0.5) is 0 Å². The van der Waals surface area contributed by atoms with Crippen LogP contribution >= 0.6 is 0 Å². The zero-order chi connectivity index (χ0) is 28.8. The highest BCUT2D eigenvalue weighted by Gasteiger charge is 1.95. The Morgan fingerprint density at radius 2 is 0.651 bits per heavy atom. The second-order valence-electron chi connectivity index (χ2n) is 10.3. The van der Waals surface area contributed by atoms with Gasteiger partial charge in [-0.2, -0.15) is 0 Å². The number of hydrogen-bond donors (Lipinski definition) is 0. The summed E-state index contributed by atoms with van der Waals surface area (Å²) < 4.78 is 26.2. The lowest BCUT2D eigenvalue weighted by molar-refractivity contribution is -0.0543. The minimum atomic E-state index is 0.